The molecule has 1 N–H and O–H groups in total. The summed E-state index contributed by atoms with van der Waals surface area (Å²) in [5, 5.41) is 18.4. The Balaban J connectivity index is 1.84. The van der Waals surface area contributed by atoms with Crippen LogP contribution in [0.25, 0.3) is 11.5 Å². The van der Waals surface area contributed by atoms with E-state index in [1.165, 1.54) is 0 Å². The number of aliphatic hydroxyl groups is 1. The first-order valence-corrected chi connectivity index (χ1v) is 6.76. The van der Waals surface area contributed by atoms with Gasteiger partial charge in [0.1, 0.15) is 5.69 Å². The van der Waals surface area contributed by atoms with E-state index in [0.29, 0.717) is 17.4 Å². The Hall–Kier alpha value is -1.69. The first kappa shape index (κ1) is 12.3. The molecule has 0 amide bonds. The third-order valence-electron chi connectivity index (χ3n) is 3.68. The molecule has 1 fully saturated rings. The van der Waals surface area contributed by atoms with Gasteiger partial charge >= 0.3 is 0 Å². The molecule has 102 valence electrons. The first-order chi connectivity index (χ1) is 9.24. The molecule has 19 heavy (non-hydrogen) atoms. The molecule has 1 aliphatic carbocycles. The largest absolute Gasteiger partial charge is 0.392 e. The minimum atomic E-state index is -0.375. The summed E-state index contributed by atoms with van der Waals surface area (Å²) >= 11 is 0. The fourth-order valence-corrected chi connectivity index (χ4v) is 2.60. The molecule has 6 heteroatoms. The van der Waals surface area contributed by atoms with Crippen LogP contribution in [0.1, 0.15) is 43.9 Å². The van der Waals surface area contributed by atoms with Gasteiger partial charge in [-0.1, -0.05) is 24.4 Å². The number of rotatable bonds is 2. The molecule has 0 bridgehead atoms. The number of hydrogen-bond donors (Lipinski definition) is 1. The molecule has 0 spiro atoms. The van der Waals surface area contributed by atoms with E-state index < -0.39 is 0 Å². The van der Waals surface area contributed by atoms with E-state index in [1.54, 1.807) is 4.68 Å². The van der Waals surface area contributed by atoms with Gasteiger partial charge in [0, 0.05) is 13.2 Å². The molecule has 0 saturated heterocycles. The predicted octanol–water partition coefficient (Wildman–Crippen LogP) is 1.88. The Morgan fingerprint density at radius 2 is 2.16 bits per heavy atom. The van der Waals surface area contributed by atoms with E-state index in [-0.39, 0.29) is 12.0 Å². The van der Waals surface area contributed by atoms with Gasteiger partial charge in [0.05, 0.1) is 12.0 Å². The molecule has 2 heterocycles. The Bertz CT molecular complexity index is 548. The zero-order chi connectivity index (χ0) is 13.2. The molecule has 2 atom stereocenters. The van der Waals surface area contributed by atoms with Gasteiger partial charge in [0.15, 0.2) is 0 Å². The molecule has 2 aromatic heterocycles. The molecule has 0 aromatic carbocycles. The van der Waals surface area contributed by atoms with Crippen LogP contribution in [0, 0.1) is 0 Å². The van der Waals surface area contributed by atoms with Crippen LogP contribution in [0.2, 0.25) is 0 Å². The number of hydrogen-bond acceptors (Lipinski definition) is 5. The molecule has 1 aliphatic rings. The Kier molecular flexibility index (Phi) is 3.33. The normalized spacial score (nSPS) is 24.3. The third kappa shape index (κ3) is 2.53. The molecule has 0 radical (unpaired) electrons. The van der Waals surface area contributed by atoms with Gasteiger partial charge in [-0.25, -0.2) is 0 Å². The van der Waals surface area contributed by atoms with Crippen LogP contribution in [-0.4, -0.2) is 31.1 Å². The van der Waals surface area contributed by atoms with Crippen molar-refractivity contribution in [2.24, 2.45) is 7.05 Å². The van der Waals surface area contributed by atoms with E-state index in [4.69, 9.17) is 4.52 Å². The quantitative estimate of drug-likeness (QED) is 0.836. The average Bonchev–Trinajstić information content (AvgIpc) is 2.97. The van der Waals surface area contributed by atoms with Crippen LogP contribution in [0.3, 0.4) is 0 Å². The van der Waals surface area contributed by atoms with Crippen molar-refractivity contribution < 1.29 is 9.63 Å². The summed E-state index contributed by atoms with van der Waals surface area (Å²) in [5.74, 6) is 0.995. The molecule has 6 nitrogen and oxygen atoms in total. The maximum atomic E-state index is 10.1. The van der Waals surface area contributed by atoms with Gasteiger partial charge in [0.2, 0.25) is 11.7 Å². The van der Waals surface area contributed by atoms with Crippen LogP contribution in [0.4, 0.5) is 0 Å². The van der Waals surface area contributed by atoms with Gasteiger partial charge < -0.3 is 9.63 Å². The maximum absolute atomic E-state index is 10.1. The van der Waals surface area contributed by atoms with Crippen molar-refractivity contribution in [1.29, 1.82) is 0 Å². The van der Waals surface area contributed by atoms with Crippen LogP contribution >= 0.6 is 0 Å². The number of aryl methyl sites for hydroxylation is 1. The molecule has 2 unspecified atom stereocenters. The highest BCUT2D eigenvalue weighted by atomic mass is 16.5. The summed E-state index contributed by atoms with van der Waals surface area (Å²) in [7, 11) is 1.85. The lowest BCUT2D eigenvalue weighted by molar-refractivity contribution is 0.119. The summed E-state index contributed by atoms with van der Waals surface area (Å²) in [5.41, 5.74) is 0.695. The van der Waals surface area contributed by atoms with Crippen LogP contribution in [0.5, 0.6) is 0 Å². The van der Waals surface area contributed by atoms with Crippen molar-refractivity contribution in [3.63, 3.8) is 0 Å². The highest BCUT2D eigenvalue weighted by molar-refractivity contribution is 5.46. The van der Waals surface area contributed by atoms with Gasteiger partial charge in [-0.3, -0.25) is 4.68 Å². The smallest absolute Gasteiger partial charge is 0.232 e. The Labute approximate surface area is 111 Å². The second-order valence-electron chi connectivity index (χ2n) is 5.14. The predicted molar refractivity (Wildman–Crippen MR) is 68.3 cm³/mol. The monoisotopic (exact) mass is 262 g/mol. The fraction of sp³-hybridized carbons (Fsp3) is 0.615. The summed E-state index contributed by atoms with van der Waals surface area (Å²) in [4.78, 5) is 4.40. The van der Waals surface area contributed by atoms with Crippen LogP contribution in [0.15, 0.2) is 16.8 Å². The SMILES string of the molecule is Cn1ccc(-c2noc(C3CCCCCC3O)n2)n1. The summed E-state index contributed by atoms with van der Waals surface area (Å²) in [6.45, 7) is 0. The van der Waals surface area contributed by atoms with Gasteiger partial charge in [-0.15, -0.1) is 0 Å². The van der Waals surface area contributed by atoms with Gasteiger partial charge in [0.25, 0.3) is 0 Å². The summed E-state index contributed by atoms with van der Waals surface area (Å²) in [6.07, 6.45) is 6.51. The molecule has 0 aliphatic heterocycles. The average molecular weight is 262 g/mol. The van der Waals surface area contributed by atoms with Crippen molar-refractivity contribution >= 4 is 0 Å². The molecule has 3 rings (SSSR count). The number of aromatic nitrogens is 4. The summed E-state index contributed by atoms with van der Waals surface area (Å²) < 4.78 is 7.02. The van der Waals surface area contributed by atoms with Crippen molar-refractivity contribution in [3.8, 4) is 11.5 Å². The van der Waals surface area contributed by atoms with Crippen molar-refractivity contribution in [2.75, 3.05) is 0 Å². The maximum Gasteiger partial charge on any atom is 0.232 e. The minimum absolute atomic E-state index is 0.0348. The summed E-state index contributed by atoms with van der Waals surface area (Å²) in [6, 6.07) is 1.85. The second kappa shape index (κ2) is 5.13. The third-order valence-corrected chi connectivity index (χ3v) is 3.68. The highest BCUT2D eigenvalue weighted by Crippen LogP contribution is 2.31. The minimum Gasteiger partial charge on any atom is -0.392 e. The van der Waals surface area contributed by atoms with Gasteiger partial charge in [-0.05, 0) is 18.9 Å². The standard InChI is InChI=1S/C13H18N4O2/c1-17-8-7-10(15-17)12-14-13(19-16-12)9-5-3-2-4-6-11(9)18/h7-9,11,18H,2-6H2,1H3. The molecular weight excluding hydrogens is 244 g/mol. The van der Waals surface area contributed by atoms with Crippen molar-refractivity contribution in [2.45, 2.75) is 44.1 Å². The Morgan fingerprint density at radius 1 is 1.32 bits per heavy atom. The zero-order valence-corrected chi connectivity index (χ0v) is 11.0. The molecular formula is C13H18N4O2. The second-order valence-corrected chi connectivity index (χ2v) is 5.14. The fourth-order valence-electron chi connectivity index (χ4n) is 2.60. The van der Waals surface area contributed by atoms with E-state index in [0.717, 1.165) is 32.1 Å². The van der Waals surface area contributed by atoms with E-state index in [9.17, 15) is 5.11 Å². The zero-order valence-electron chi connectivity index (χ0n) is 11.0. The first-order valence-electron chi connectivity index (χ1n) is 6.76. The number of nitrogens with zero attached hydrogens (tertiary/aromatic N) is 4. The van der Waals surface area contributed by atoms with Crippen molar-refractivity contribution in [1.82, 2.24) is 19.9 Å². The molecule has 2 aromatic rings. The topological polar surface area (TPSA) is 77.0 Å². The number of aliphatic hydroxyl groups excluding tert-OH is 1. The Morgan fingerprint density at radius 3 is 2.95 bits per heavy atom. The van der Waals surface area contributed by atoms with Crippen LogP contribution < -0.4 is 0 Å². The van der Waals surface area contributed by atoms with E-state index in [2.05, 4.69) is 15.2 Å². The lowest BCUT2D eigenvalue weighted by Crippen LogP contribution is -2.17. The molecule has 1 saturated carbocycles. The lowest BCUT2D eigenvalue weighted by Gasteiger charge is -2.15. The van der Waals surface area contributed by atoms with E-state index in [1.807, 2.05) is 19.3 Å². The van der Waals surface area contributed by atoms with Crippen molar-refractivity contribution in [3.05, 3.63) is 18.2 Å². The van der Waals surface area contributed by atoms with E-state index >= 15 is 0 Å². The highest BCUT2D eigenvalue weighted by Gasteiger charge is 2.28. The van der Waals surface area contributed by atoms with Crippen LogP contribution in [-0.2, 0) is 7.05 Å². The van der Waals surface area contributed by atoms with Gasteiger partial charge in [-0.2, -0.15) is 10.1 Å². The lowest BCUT2D eigenvalue weighted by atomic mass is 9.97.